The van der Waals surface area contributed by atoms with Crippen molar-refractivity contribution in [2.24, 2.45) is 0 Å². The van der Waals surface area contributed by atoms with Crippen LogP contribution in [0.1, 0.15) is 34.8 Å². The van der Waals surface area contributed by atoms with Crippen molar-refractivity contribution in [3.05, 3.63) is 71.3 Å². The molecule has 0 nitrogen and oxygen atoms in total. The Morgan fingerprint density at radius 2 is 1.72 bits per heavy atom. The van der Waals surface area contributed by atoms with E-state index in [1.165, 1.54) is 24.8 Å². The molecule has 0 radical (unpaired) electrons. The van der Waals surface area contributed by atoms with Crippen molar-refractivity contribution in [1.82, 2.24) is 0 Å². The molecule has 1 heteroatoms. The largest absolute Gasteiger partial charge is 0.149 e. The van der Waals surface area contributed by atoms with Crippen molar-refractivity contribution in [3.8, 4) is 0 Å². The summed E-state index contributed by atoms with van der Waals surface area (Å²) < 4.78 is 0. The third-order valence-electron chi connectivity index (χ3n) is 3.61. The topological polar surface area (TPSA) is 0 Å². The molecular formula is C17H18S. The lowest BCUT2D eigenvalue weighted by Gasteiger charge is -2.25. The van der Waals surface area contributed by atoms with Crippen molar-refractivity contribution in [1.29, 1.82) is 0 Å². The van der Waals surface area contributed by atoms with Crippen LogP contribution in [0.4, 0.5) is 0 Å². The van der Waals surface area contributed by atoms with Crippen LogP contribution in [-0.2, 0) is 12.2 Å². The predicted octanol–water partition coefficient (Wildman–Crippen LogP) is 5.00. The van der Waals surface area contributed by atoms with Crippen LogP contribution >= 0.6 is 11.8 Å². The third-order valence-corrected chi connectivity index (χ3v) is 5.00. The highest BCUT2D eigenvalue weighted by Crippen LogP contribution is 2.40. The fourth-order valence-electron chi connectivity index (χ4n) is 2.65. The van der Waals surface area contributed by atoms with E-state index in [0.29, 0.717) is 5.25 Å². The number of aryl methyl sites for hydroxylation is 1. The fourth-order valence-corrected chi connectivity index (χ4v) is 3.98. The van der Waals surface area contributed by atoms with E-state index in [0.717, 1.165) is 5.75 Å². The van der Waals surface area contributed by atoms with E-state index < -0.39 is 0 Å². The van der Waals surface area contributed by atoms with E-state index in [1.807, 2.05) is 0 Å². The van der Waals surface area contributed by atoms with Gasteiger partial charge in [-0.05, 0) is 36.0 Å². The van der Waals surface area contributed by atoms with Crippen LogP contribution in [0, 0.1) is 0 Å². The van der Waals surface area contributed by atoms with Crippen LogP contribution in [0.25, 0.3) is 0 Å². The highest BCUT2D eigenvalue weighted by molar-refractivity contribution is 7.98. The quantitative estimate of drug-likeness (QED) is 0.743. The van der Waals surface area contributed by atoms with Gasteiger partial charge in [0.05, 0.1) is 0 Å². The molecule has 1 aliphatic rings. The Balaban J connectivity index is 1.71. The summed E-state index contributed by atoms with van der Waals surface area (Å²) in [5.41, 5.74) is 4.57. The fraction of sp³-hybridized carbons (Fsp3) is 0.294. The van der Waals surface area contributed by atoms with Gasteiger partial charge in [0, 0.05) is 11.0 Å². The van der Waals surface area contributed by atoms with Gasteiger partial charge in [0.1, 0.15) is 0 Å². The zero-order chi connectivity index (χ0) is 12.2. The average molecular weight is 254 g/mol. The maximum absolute atomic E-state index is 2.32. The minimum absolute atomic E-state index is 0.690. The first kappa shape index (κ1) is 11.9. The number of rotatable bonds is 3. The molecule has 1 atom stereocenters. The van der Waals surface area contributed by atoms with Crippen LogP contribution in [0.5, 0.6) is 0 Å². The maximum atomic E-state index is 2.32. The molecule has 0 bridgehead atoms. The first-order chi connectivity index (χ1) is 8.93. The molecule has 2 aromatic carbocycles. The number of thioether (sulfide) groups is 1. The normalized spacial score (nSPS) is 18.3. The van der Waals surface area contributed by atoms with E-state index >= 15 is 0 Å². The van der Waals surface area contributed by atoms with Gasteiger partial charge in [-0.25, -0.2) is 0 Å². The van der Waals surface area contributed by atoms with Crippen LogP contribution in [0.3, 0.4) is 0 Å². The summed E-state index contributed by atoms with van der Waals surface area (Å²) in [6, 6.07) is 19.8. The van der Waals surface area contributed by atoms with E-state index in [4.69, 9.17) is 0 Å². The monoisotopic (exact) mass is 254 g/mol. The highest BCUT2D eigenvalue weighted by atomic mass is 32.2. The van der Waals surface area contributed by atoms with Gasteiger partial charge in [-0.3, -0.25) is 0 Å². The second-order valence-electron chi connectivity index (χ2n) is 4.88. The molecule has 92 valence electrons. The lowest BCUT2D eigenvalue weighted by molar-refractivity contribution is 0.673. The van der Waals surface area contributed by atoms with Gasteiger partial charge in [-0.15, -0.1) is 11.8 Å². The second-order valence-corrected chi connectivity index (χ2v) is 6.07. The number of hydrogen-bond donors (Lipinski definition) is 0. The molecule has 0 N–H and O–H groups in total. The summed E-state index contributed by atoms with van der Waals surface area (Å²) in [5, 5.41) is 0.690. The van der Waals surface area contributed by atoms with E-state index in [-0.39, 0.29) is 0 Å². The molecule has 0 spiro atoms. The highest BCUT2D eigenvalue weighted by Gasteiger charge is 2.19. The van der Waals surface area contributed by atoms with Gasteiger partial charge >= 0.3 is 0 Å². The molecule has 18 heavy (non-hydrogen) atoms. The molecule has 0 amide bonds. The van der Waals surface area contributed by atoms with E-state index in [9.17, 15) is 0 Å². The zero-order valence-electron chi connectivity index (χ0n) is 10.5. The molecule has 0 fully saturated rings. The summed E-state index contributed by atoms with van der Waals surface area (Å²) in [6.45, 7) is 0. The Labute approximate surface area is 113 Å². The molecule has 0 saturated carbocycles. The molecule has 0 aliphatic heterocycles. The van der Waals surface area contributed by atoms with Gasteiger partial charge in [0.15, 0.2) is 0 Å². The molecular weight excluding hydrogens is 236 g/mol. The van der Waals surface area contributed by atoms with Crippen LogP contribution < -0.4 is 0 Å². The standard InChI is InChI=1S/C17H18S/c1-2-7-14(8-3-1)13-18-17-12-6-10-15-9-4-5-11-16(15)17/h1-5,7-9,11,17H,6,10,12-13H2. The van der Waals surface area contributed by atoms with Crippen LogP contribution in [0.15, 0.2) is 54.6 Å². The zero-order valence-corrected chi connectivity index (χ0v) is 11.3. The maximum Gasteiger partial charge on any atom is 0.0303 e. The summed E-state index contributed by atoms with van der Waals surface area (Å²) in [7, 11) is 0. The average Bonchev–Trinajstić information content (AvgIpc) is 2.46. The number of hydrogen-bond acceptors (Lipinski definition) is 1. The van der Waals surface area contributed by atoms with Crippen molar-refractivity contribution >= 4 is 11.8 Å². The molecule has 3 rings (SSSR count). The summed E-state index contributed by atoms with van der Waals surface area (Å²) in [4.78, 5) is 0. The summed E-state index contributed by atoms with van der Waals surface area (Å²) in [5.74, 6) is 1.12. The Morgan fingerprint density at radius 1 is 0.944 bits per heavy atom. The van der Waals surface area contributed by atoms with Gasteiger partial charge in [0.2, 0.25) is 0 Å². The second kappa shape index (κ2) is 5.62. The van der Waals surface area contributed by atoms with Gasteiger partial charge in [-0.2, -0.15) is 0 Å². The Kier molecular flexibility index (Phi) is 3.70. The van der Waals surface area contributed by atoms with Crippen LogP contribution in [-0.4, -0.2) is 0 Å². The smallest absolute Gasteiger partial charge is 0.0303 e. The third kappa shape index (κ3) is 2.62. The SMILES string of the molecule is c1ccc(CSC2CCCc3ccccc32)cc1. The van der Waals surface area contributed by atoms with Crippen molar-refractivity contribution in [2.45, 2.75) is 30.3 Å². The van der Waals surface area contributed by atoms with Gasteiger partial charge in [0.25, 0.3) is 0 Å². The molecule has 0 heterocycles. The summed E-state index contributed by atoms with van der Waals surface area (Å²) >= 11 is 2.09. The molecule has 2 aromatic rings. The minimum Gasteiger partial charge on any atom is -0.149 e. The Bertz CT molecular complexity index is 504. The molecule has 1 aliphatic carbocycles. The Hall–Kier alpha value is -1.21. The molecule has 1 unspecified atom stereocenters. The predicted molar refractivity (Wildman–Crippen MR) is 79.9 cm³/mol. The first-order valence-electron chi connectivity index (χ1n) is 6.67. The van der Waals surface area contributed by atoms with Gasteiger partial charge in [-0.1, -0.05) is 54.6 Å². The number of benzene rings is 2. The first-order valence-corrected chi connectivity index (χ1v) is 7.72. The van der Waals surface area contributed by atoms with Crippen molar-refractivity contribution < 1.29 is 0 Å². The lowest BCUT2D eigenvalue weighted by atomic mass is 9.91. The van der Waals surface area contributed by atoms with Crippen LogP contribution in [0.2, 0.25) is 0 Å². The van der Waals surface area contributed by atoms with Crippen molar-refractivity contribution in [2.75, 3.05) is 0 Å². The Morgan fingerprint density at radius 3 is 2.61 bits per heavy atom. The lowest BCUT2D eigenvalue weighted by Crippen LogP contribution is -2.07. The number of fused-ring (bicyclic) bond motifs is 1. The summed E-state index contributed by atoms with van der Waals surface area (Å²) in [6.07, 6.45) is 3.93. The van der Waals surface area contributed by atoms with E-state index in [2.05, 4.69) is 66.4 Å². The molecule has 0 aromatic heterocycles. The van der Waals surface area contributed by atoms with E-state index in [1.54, 1.807) is 11.1 Å². The molecule has 0 saturated heterocycles. The van der Waals surface area contributed by atoms with Gasteiger partial charge < -0.3 is 0 Å². The minimum atomic E-state index is 0.690. The van der Waals surface area contributed by atoms with Crippen molar-refractivity contribution in [3.63, 3.8) is 0 Å².